The smallest absolute Gasteiger partial charge is 0.234 e. The van der Waals surface area contributed by atoms with Crippen LogP contribution in [-0.4, -0.2) is 41.5 Å². The maximum absolute atomic E-state index is 12.4. The number of fused-ring (bicyclic) bond motifs is 1. The summed E-state index contributed by atoms with van der Waals surface area (Å²) in [6.45, 7) is 2.60. The number of rotatable bonds is 4. The van der Waals surface area contributed by atoms with Gasteiger partial charge in [-0.1, -0.05) is 43.9 Å². The van der Waals surface area contributed by atoms with Crippen LogP contribution in [0.15, 0.2) is 30.5 Å². The Bertz CT molecular complexity index is 722. The maximum Gasteiger partial charge on any atom is 0.234 e. The van der Waals surface area contributed by atoms with E-state index in [-0.39, 0.29) is 5.91 Å². The van der Waals surface area contributed by atoms with Gasteiger partial charge < -0.3 is 10.3 Å². The fourth-order valence-corrected chi connectivity index (χ4v) is 4.73. The van der Waals surface area contributed by atoms with Crippen molar-refractivity contribution < 1.29 is 4.79 Å². The molecule has 2 aromatic rings. The van der Waals surface area contributed by atoms with Crippen molar-refractivity contribution in [1.82, 2.24) is 15.2 Å². The second kappa shape index (κ2) is 8.26. The molecular weight excluding hydrogens is 322 g/mol. The molecule has 0 atom stereocenters. The Labute approximate surface area is 156 Å². The highest BCUT2D eigenvalue weighted by Gasteiger charge is 2.24. The number of H-pyrrole nitrogens is 1. The van der Waals surface area contributed by atoms with Crippen LogP contribution in [0.25, 0.3) is 10.9 Å². The van der Waals surface area contributed by atoms with Gasteiger partial charge in [0.1, 0.15) is 0 Å². The number of likely N-dealkylation sites (tertiary alicyclic amines) is 1. The second-order valence-electron chi connectivity index (χ2n) is 8.10. The van der Waals surface area contributed by atoms with Gasteiger partial charge in [0.15, 0.2) is 0 Å². The number of hydrogen-bond acceptors (Lipinski definition) is 2. The minimum absolute atomic E-state index is 0.224. The molecule has 1 saturated heterocycles. The molecule has 2 N–H and O–H groups in total. The van der Waals surface area contributed by atoms with Crippen molar-refractivity contribution >= 4 is 16.8 Å². The highest BCUT2D eigenvalue weighted by molar-refractivity contribution is 5.83. The molecule has 140 valence electrons. The molecule has 2 heterocycles. The second-order valence-corrected chi connectivity index (χ2v) is 8.10. The quantitative estimate of drug-likeness (QED) is 0.810. The third-order valence-corrected chi connectivity index (χ3v) is 6.24. The van der Waals surface area contributed by atoms with Crippen LogP contribution in [0.2, 0.25) is 0 Å². The number of amides is 1. The number of nitrogens with one attached hydrogen (secondary N) is 2. The molecule has 1 amide bonds. The summed E-state index contributed by atoms with van der Waals surface area (Å²) in [5.74, 6) is 0.828. The molecule has 0 spiro atoms. The van der Waals surface area contributed by atoms with Gasteiger partial charge in [-0.2, -0.15) is 0 Å². The summed E-state index contributed by atoms with van der Waals surface area (Å²) < 4.78 is 0. The van der Waals surface area contributed by atoms with Gasteiger partial charge in [-0.3, -0.25) is 9.69 Å². The number of aromatic amines is 1. The number of nitrogens with zero attached hydrogens (tertiary/aromatic N) is 1. The molecule has 26 heavy (non-hydrogen) atoms. The highest BCUT2D eigenvalue weighted by atomic mass is 16.2. The average molecular weight is 354 g/mol. The summed E-state index contributed by atoms with van der Waals surface area (Å²) >= 11 is 0. The molecule has 0 radical (unpaired) electrons. The molecule has 2 fully saturated rings. The van der Waals surface area contributed by atoms with Crippen LogP contribution in [-0.2, 0) is 4.79 Å². The Hall–Kier alpha value is -1.81. The van der Waals surface area contributed by atoms with Crippen molar-refractivity contribution in [3.05, 3.63) is 36.0 Å². The number of hydrogen-bond donors (Lipinski definition) is 2. The molecule has 1 aliphatic heterocycles. The molecule has 4 rings (SSSR count). The lowest BCUT2D eigenvalue weighted by Crippen LogP contribution is -2.44. The van der Waals surface area contributed by atoms with Crippen LogP contribution >= 0.6 is 0 Å². The lowest BCUT2D eigenvalue weighted by molar-refractivity contribution is -0.123. The van der Waals surface area contributed by atoms with E-state index in [2.05, 4.69) is 45.7 Å². The standard InChI is InChI=1S/C22H31N3O/c26-22(24-18-7-3-1-2-4-8-18)16-25-13-11-17(12-14-25)20-15-23-21-10-6-5-9-19(20)21/h5-6,9-10,15,17-18,23H,1-4,7-8,11-14,16H2,(H,24,26). The van der Waals surface area contributed by atoms with Crippen LogP contribution in [0.4, 0.5) is 0 Å². The zero-order valence-electron chi connectivity index (χ0n) is 15.7. The fraction of sp³-hybridized carbons (Fsp3) is 0.591. The van der Waals surface area contributed by atoms with E-state index in [1.165, 1.54) is 42.1 Å². The number of benzene rings is 1. The molecular formula is C22H31N3O. The van der Waals surface area contributed by atoms with Gasteiger partial charge in [0, 0.05) is 23.1 Å². The average Bonchev–Trinajstić information content (AvgIpc) is 2.92. The van der Waals surface area contributed by atoms with E-state index in [9.17, 15) is 4.79 Å². The lowest BCUT2D eigenvalue weighted by Gasteiger charge is -2.31. The number of para-hydroxylation sites is 1. The fourth-order valence-electron chi connectivity index (χ4n) is 4.73. The van der Waals surface area contributed by atoms with Crippen LogP contribution in [0, 0.1) is 0 Å². The summed E-state index contributed by atoms with van der Waals surface area (Å²) in [5, 5.41) is 4.64. The van der Waals surface area contributed by atoms with E-state index in [1.807, 2.05) is 0 Å². The number of carbonyl (C=O) groups is 1. The Morgan fingerprint density at radius 2 is 1.77 bits per heavy atom. The topological polar surface area (TPSA) is 48.1 Å². The Balaban J connectivity index is 1.27. The number of aromatic nitrogens is 1. The zero-order chi connectivity index (χ0) is 17.8. The number of carbonyl (C=O) groups excluding carboxylic acids is 1. The molecule has 1 saturated carbocycles. The monoisotopic (exact) mass is 353 g/mol. The van der Waals surface area contributed by atoms with E-state index in [0.29, 0.717) is 18.5 Å². The first-order valence-corrected chi connectivity index (χ1v) is 10.4. The van der Waals surface area contributed by atoms with Crippen molar-refractivity contribution in [2.45, 2.75) is 63.3 Å². The van der Waals surface area contributed by atoms with Gasteiger partial charge in [0.2, 0.25) is 5.91 Å². The van der Waals surface area contributed by atoms with E-state index in [0.717, 1.165) is 38.8 Å². The SMILES string of the molecule is O=C(CN1CCC(c2c[nH]c3ccccc23)CC1)NC1CCCCCC1. The molecule has 2 aliphatic rings. The van der Waals surface area contributed by atoms with Gasteiger partial charge in [-0.15, -0.1) is 0 Å². The van der Waals surface area contributed by atoms with E-state index < -0.39 is 0 Å². The molecule has 4 nitrogen and oxygen atoms in total. The first-order valence-electron chi connectivity index (χ1n) is 10.4. The van der Waals surface area contributed by atoms with Crippen molar-refractivity contribution in [3.8, 4) is 0 Å². The summed E-state index contributed by atoms with van der Waals surface area (Å²) in [5.41, 5.74) is 2.68. The van der Waals surface area contributed by atoms with Crippen LogP contribution in [0.1, 0.15) is 62.8 Å². The van der Waals surface area contributed by atoms with Crippen molar-refractivity contribution in [3.63, 3.8) is 0 Å². The third kappa shape index (κ3) is 4.12. The van der Waals surface area contributed by atoms with Crippen LogP contribution in [0.3, 0.4) is 0 Å². The minimum atomic E-state index is 0.224. The Morgan fingerprint density at radius 3 is 2.54 bits per heavy atom. The third-order valence-electron chi connectivity index (χ3n) is 6.24. The van der Waals surface area contributed by atoms with Gasteiger partial charge in [-0.25, -0.2) is 0 Å². The van der Waals surface area contributed by atoms with E-state index >= 15 is 0 Å². The van der Waals surface area contributed by atoms with Gasteiger partial charge in [-0.05, 0) is 56.3 Å². The minimum Gasteiger partial charge on any atom is -0.361 e. The highest BCUT2D eigenvalue weighted by Crippen LogP contribution is 2.32. The lowest BCUT2D eigenvalue weighted by atomic mass is 9.89. The summed E-state index contributed by atoms with van der Waals surface area (Å²) in [6.07, 6.45) is 12.0. The summed E-state index contributed by atoms with van der Waals surface area (Å²) in [6, 6.07) is 8.97. The largest absolute Gasteiger partial charge is 0.361 e. The molecule has 0 bridgehead atoms. The van der Waals surface area contributed by atoms with E-state index in [1.54, 1.807) is 0 Å². The van der Waals surface area contributed by atoms with Gasteiger partial charge >= 0.3 is 0 Å². The van der Waals surface area contributed by atoms with Gasteiger partial charge in [0.05, 0.1) is 6.54 Å². The molecule has 1 aliphatic carbocycles. The van der Waals surface area contributed by atoms with Crippen molar-refractivity contribution in [1.29, 1.82) is 0 Å². The summed E-state index contributed by atoms with van der Waals surface area (Å²) in [7, 11) is 0. The van der Waals surface area contributed by atoms with E-state index in [4.69, 9.17) is 0 Å². The molecule has 0 unspecified atom stereocenters. The van der Waals surface area contributed by atoms with Crippen LogP contribution in [0.5, 0.6) is 0 Å². The molecule has 4 heteroatoms. The number of piperidine rings is 1. The van der Waals surface area contributed by atoms with Crippen molar-refractivity contribution in [2.24, 2.45) is 0 Å². The van der Waals surface area contributed by atoms with Crippen molar-refractivity contribution in [2.75, 3.05) is 19.6 Å². The predicted octanol–water partition coefficient (Wildman–Crippen LogP) is 4.19. The first kappa shape index (κ1) is 17.6. The van der Waals surface area contributed by atoms with Crippen LogP contribution < -0.4 is 5.32 Å². The summed E-state index contributed by atoms with van der Waals surface area (Å²) in [4.78, 5) is 18.2. The predicted molar refractivity (Wildman–Crippen MR) is 106 cm³/mol. The normalized spacial score (nSPS) is 20.9. The Morgan fingerprint density at radius 1 is 1.04 bits per heavy atom. The molecule has 1 aromatic carbocycles. The maximum atomic E-state index is 12.4. The molecule has 1 aromatic heterocycles. The van der Waals surface area contributed by atoms with Gasteiger partial charge in [0.25, 0.3) is 0 Å². The zero-order valence-corrected chi connectivity index (χ0v) is 15.7. The first-order chi connectivity index (χ1) is 12.8. The Kier molecular flexibility index (Phi) is 5.59.